The Hall–Kier alpha value is -2.53. The van der Waals surface area contributed by atoms with Gasteiger partial charge in [0.05, 0.1) is 17.9 Å². The van der Waals surface area contributed by atoms with Gasteiger partial charge in [-0.05, 0) is 35.4 Å². The van der Waals surface area contributed by atoms with Crippen LogP contribution in [0.1, 0.15) is 48.1 Å². The summed E-state index contributed by atoms with van der Waals surface area (Å²) in [5, 5.41) is 3.09. The quantitative estimate of drug-likeness (QED) is 0.565. The lowest BCUT2D eigenvalue weighted by Crippen LogP contribution is -2.28. The van der Waals surface area contributed by atoms with E-state index in [0.717, 1.165) is 35.0 Å². The van der Waals surface area contributed by atoms with Crippen LogP contribution in [0.25, 0.3) is 11.3 Å². The third kappa shape index (κ3) is 5.01. The monoisotopic (exact) mass is 379 g/mol. The lowest BCUT2D eigenvalue weighted by molar-refractivity contribution is 0.0934. The molecule has 0 fully saturated rings. The molecule has 3 aromatic rings. The second kappa shape index (κ2) is 9.42. The SMILES string of the molecule is CCSCc1ccc(C(=O)NC(CC)c2ncc(-c3ccccc3)[nH]2)cc1. The zero-order valence-corrected chi connectivity index (χ0v) is 16.6. The Labute approximate surface area is 164 Å². The van der Waals surface area contributed by atoms with Crippen LogP contribution in [0.3, 0.4) is 0 Å². The number of H-pyrrole nitrogens is 1. The van der Waals surface area contributed by atoms with E-state index in [1.165, 1.54) is 5.56 Å². The van der Waals surface area contributed by atoms with E-state index in [0.29, 0.717) is 5.56 Å². The van der Waals surface area contributed by atoms with Crippen LogP contribution >= 0.6 is 11.8 Å². The van der Waals surface area contributed by atoms with Gasteiger partial charge in [0.1, 0.15) is 5.82 Å². The molecule has 140 valence electrons. The van der Waals surface area contributed by atoms with E-state index in [4.69, 9.17) is 0 Å². The Morgan fingerprint density at radius 2 is 1.85 bits per heavy atom. The van der Waals surface area contributed by atoms with Crippen molar-refractivity contribution < 1.29 is 4.79 Å². The van der Waals surface area contributed by atoms with Gasteiger partial charge in [-0.25, -0.2) is 4.98 Å². The first-order valence-electron chi connectivity index (χ1n) is 9.29. The number of thioether (sulfide) groups is 1. The highest BCUT2D eigenvalue weighted by Gasteiger charge is 2.17. The molecule has 0 spiro atoms. The summed E-state index contributed by atoms with van der Waals surface area (Å²) in [6.45, 7) is 4.19. The average molecular weight is 380 g/mol. The number of imidazole rings is 1. The van der Waals surface area contributed by atoms with Crippen LogP contribution in [-0.2, 0) is 5.75 Å². The summed E-state index contributed by atoms with van der Waals surface area (Å²) in [6.07, 6.45) is 2.58. The van der Waals surface area contributed by atoms with E-state index in [-0.39, 0.29) is 11.9 Å². The van der Waals surface area contributed by atoms with Crippen LogP contribution in [0, 0.1) is 0 Å². The second-order valence-corrected chi connectivity index (χ2v) is 7.59. The third-order valence-corrected chi connectivity index (χ3v) is 5.36. The molecule has 0 radical (unpaired) electrons. The van der Waals surface area contributed by atoms with Crippen LogP contribution in [0.5, 0.6) is 0 Å². The molecular weight excluding hydrogens is 354 g/mol. The van der Waals surface area contributed by atoms with Gasteiger partial charge >= 0.3 is 0 Å². The average Bonchev–Trinajstić information content (AvgIpc) is 3.21. The number of carbonyl (C=O) groups excluding carboxylic acids is 1. The van der Waals surface area contributed by atoms with Crippen molar-refractivity contribution in [1.82, 2.24) is 15.3 Å². The van der Waals surface area contributed by atoms with Gasteiger partial charge in [0.2, 0.25) is 0 Å². The zero-order valence-electron chi connectivity index (χ0n) is 15.7. The largest absolute Gasteiger partial charge is 0.342 e. The molecule has 1 aromatic heterocycles. The number of aromatic amines is 1. The van der Waals surface area contributed by atoms with Crippen molar-refractivity contribution in [3.63, 3.8) is 0 Å². The highest BCUT2D eigenvalue weighted by atomic mass is 32.2. The van der Waals surface area contributed by atoms with Crippen LogP contribution in [0.4, 0.5) is 0 Å². The number of nitrogens with zero attached hydrogens (tertiary/aromatic N) is 1. The van der Waals surface area contributed by atoms with Crippen LogP contribution < -0.4 is 5.32 Å². The standard InChI is InChI=1S/C22H25N3OS/c1-3-19(21-23-14-20(24-21)17-8-6-5-7-9-17)25-22(26)18-12-10-16(11-13-18)15-27-4-2/h5-14,19H,3-4,15H2,1-2H3,(H,23,24)(H,25,26). The first kappa shape index (κ1) is 19.2. The molecule has 1 unspecified atom stereocenters. The van der Waals surface area contributed by atoms with E-state index in [1.807, 2.05) is 79.5 Å². The molecule has 0 aliphatic heterocycles. The van der Waals surface area contributed by atoms with Gasteiger partial charge in [-0.15, -0.1) is 0 Å². The summed E-state index contributed by atoms with van der Waals surface area (Å²) in [6, 6.07) is 17.8. The first-order chi connectivity index (χ1) is 13.2. The molecule has 0 aliphatic carbocycles. The molecule has 3 rings (SSSR count). The van der Waals surface area contributed by atoms with E-state index in [1.54, 1.807) is 0 Å². The fourth-order valence-electron chi connectivity index (χ4n) is 2.86. The molecule has 2 N–H and O–H groups in total. The third-order valence-electron chi connectivity index (χ3n) is 4.41. The van der Waals surface area contributed by atoms with E-state index in [9.17, 15) is 4.79 Å². The predicted molar refractivity (Wildman–Crippen MR) is 113 cm³/mol. The Kier molecular flexibility index (Phi) is 6.71. The van der Waals surface area contributed by atoms with Crippen molar-refractivity contribution >= 4 is 17.7 Å². The lowest BCUT2D eigenvalue weighted by Gasteiger charge is -2.15. The van der Waals surface area contributed by atoms with Gasteiger partial charge in [0.15, 0.2) is 0 Å². The number of amides is 1. The molecule has 1 heterocycles. The number of aromatic nitrogens is 2. The van der Waals surface area contributed by atoms with Crippen molar-refractivity contribution in [2.24, 2.45) is 0 Å². The molecule has 0 saturated heterocycles. The second-order valence-electron chi connectivity index (χ2n) is 6.32. The summed E-state index contributed by atoms with van der Waals surface area (Å²) in [7, 11) is 0. The molecule has 4 nitrogen and oxygen atoms in total. The van der Waals surface area contributed by atoms with Crippen LogP contribution in [0.2, 0.25) is 0 Å². The maximum Gasteiger partial charge on any atom is 0.251 e. The minimum Gasteiger partial charge on any atom is -0.342 e. The highest BCUT2D eigenvalue weighted by molar-refractivity contribution is 7.98. The number of hydrogen-bond donors (Lipinski definition) is 2. The summed E-state index contributed by atoms with van der Waals surface area (Å²) in [4.78, 5) is 20.5. The highest BCUT2D eigenvalue weighted by Crippen LogP contribution is 2.21. The molecule has 5 heteroatoms. The fraction of sp³-hybridized carbons (Fsp3) is 0.273. The lowest BCUT2D eigenvalue weighted by atomic mass is 10.1. The minimum atomic E-state index is -0.148. The van der Waals surface area contributed by atoms with Gasteiger partial charge in [-0.3, -0.25) is 4.79 Å². The van der Waals surface area contributed by atoms with Crippen molar-refractivity contribution in [1.29, 1.82) is 0 Å². The van der Waals surface area contributed by atoms with Crippen LogP contribution in [-0.4, -0.2) is 21.6 Å². The van der Waals surface area contributed by atoms with Crippen LogP contribution in [0.15, 0.2) is 60.8 Å². The van der Waals surface area contributed by atoms with Gasteiger partial charge in [-0.2, -0.15) is 11.8 Å². The summed E-state index contributed by atoms with van der Waals surface area (Å²) in [5.41, 5.74) is 3.95. The molecule has 2 aromatic carbocycles. The minimum absolute atomic E-state index is 0.0748. The van der Waals surface area contributed by atoms with Crippen molar-refractivity contribution in [3.8, 4) is 11.3 Å². The van der Waals surface area contributed by atoms with Crippen molar-refractivity contribution in [2.75, 3.05) is 5.75 Å². The molecule has 27 heavy (non-hydrogen) atoms. The number of nitrogens with one attached hydrogen (secondary N) is 2. The fourth-order valence-corrected chi connectivity index (χ4v) is 3.49. The Morgan fingerprint density at radius 3 is 2.52 bits per heavy atom. The smallest absolute Gasteiger partial charge is 0.251 e. The van der Waals surface area contributed by atoms with E-state index in [2.05, 4.69) is 22.2 Å². The predicted octanol–water partition coefficient (Wildman–Crippen LogP) is 5.21. The Morgan fingerprint density at radius 1 is 1.11 bits per heavy atom. The number of hydrogen-bond acceptors (Lipinski definition) is 3. The van der Waals surface area contributed by atoms with Gasteiger partial charge in [0.25, 0.3) is 5.91 Å². The summed E-state index contributed by atoms with van der Waals surface area (Å²) in [5.74, 6) is 2.77. The Balaban J connectivity index is 1.68. The normalized spacial score (nSPS) is 11.9. The Bertz CT molecular complexity index is 859. The van der Waals surface area contributed by atoms with Gasteiger partial charge in [0, 0.05) is 11.3 Å². The zero-order chi connectivity index (χ0) is 19.1. The number of rotatable bonds is 8. The maximum atomic E-state index is 12.6. The summed E-state index contributed by atoms with van der Waals surface area (Å²) >= 11 is 1.87. The van der Waals surface area contributed by atoms with Gasteiger partial charge in [-0.1, -0.05) is 56.3 Å². The van der Waals surface area contributed by atoms with E-state index < -0.39 is 0 Å². The van der Waals surface area contributed by atoms with Crippen molar-refractivity contribution in [3.05, 3.63) is 77.7 Å². The first-order valence-corrected chi connectivity index (χ1v) is 10.4. The molecule has 1 amide bonds. The molecule has 0 aliphatic rings. The van der Waals surface area contributed by atoms with E-state index >= 15 is 0 Å². The maximum absolute atomic E-state index is 12.6. The molecule has 0 saturated carbocycles. The van der Waals surface area contributed by atoms with Crippen molar-refractivity contribution in [2.45, 2.75) is 32.1 Å². The number of carbonyl (C=O) groups is 1. The number of benzene rings is 2. The topological polar surface area (TPSA) is 57.8 Å². The molecule has 0 bridgehead atoms. The molecular formula is C22H25N3OS. The molecule has 1 atom stereocenters. The van der Waals surface area contributed by atoms with Gasteiger partial charge < -0.3 is 10.3 Å². The summed E-state index contributed by atoms with van der Waals surface area (Å²) < 4.78 is 0.